The first-order valence-electron chi connectivity index (χ1n) is 8.82. The van der Waals surface area contributed by atoms with Crippen molar-refractivity contribution in [3.05, 3.63) is 45.7 Å². The first kappa shape index (κ1) is 17.6. The number of hydrogen-bond donors (Lipinski definition) is 1. The zero-order valence-corrected chi connectivity index (χ0v) is 14.9. The second-order valence-corrected chi connectivity index (χ2v) is 6.39. The Labute approximate surface area is 147 Å². The summed E-state index contributed by atoms with van der Waals surface area (Å²) in [6, 6.07) is 5.78. The average molecular weight is 343 g/mol. The lowest BCUT2D eigenvalue weighted by Crippen LogP contribution is -2.42. The third-order valence-corrected chi connectivity index (χ3v) is 4.64. The van der Waals surface area contributed by atoms with Crippen LogP contribution in [0.4, 0.5) is 0 Å². The SMILES string of the molecule is CCn1cc(C(=O)NCCN2CCOCC2)c(=O)c2cc(C)ccc21. The maximum absolute atomic E-state index is 12.8. The van der Waals surface area contributed by atoms with Crippen molar-refractivity contribution in [3.63, 3.8) is 0 Å². The molecule has 1 aromatic heterocycles. The summed E-state index contributed by atoms with van der Waals surface area (Å²) < 4.78 is 7.27. The first-order chi connectivity index (χ1) is 12.1. The van der Waals surface area contributed by atoms with Gasteiger partial charge in [-0.1, -0.05) is 11.6 Å². The molecule has 0 aliphatic carbocycles. The van der Waals surface area contributed by atoms with Crippen molar-refractivity contribution in [2.24, 2.45) is 0 Å². The van der Waals surface area contributed by atoms with Crippen molar-refractivity contribution in [1.82, 2.24) is 14.8 Å². The van der Waals surface area contributed by atoms with E-state index < -0.39 is 0 Å². The van der Waals surface area contributed by atoms with Crippen LogP contribution in [0.3, 0.4) is 0 Å². The quantitative estimate of drug-likeness (QED) is 0.891. The molecule has 1 aromatic carbocycles. The lowest BCUT2D eigenvalue weighted by Gasteiger charge is -2.26. The van der Waals surface area contributed by atoms with Gasteiger partial charge in [-0.2, -0.15) is 0 Å². The van der Waals surface area contributed by atoms with Gasteiger partial charge in [0.2, 0.25) is 5.43 Å². The van der Waals surface area contributed by atoms with Gasteiger partial charge in [0.1, 0.15) is 5.56 Å². The highest BCUT2D eigenvalue weighted by molar-refractivity contribution is 5.97. The van der Waals surface area contributed by atoms with E-state index >= 15 is 0 Å². The number of aryl methyl sites for hydroxylation is 2. The van der Waals surface area contributed by atoms with Crippen molar-refractivity contribution in [3.8, 4) is 0 Å². The fourth-order valence-electron chi connectivity index (χ4n) is 3.18. The van der Waals surface area contributed by atoms with Crippen LogP contribution in [0.25, 0.3) is 10.9 Å². The number of carbonyl (C=O) groups excluding carboxylic acids is 1. The number of benzene rings is 1. The molecule has 0 bridgehead atoms. The predicted octanol–water partition coefficient (Wildman–Crippen LogP) is 1.39. The van der Waals surface area contributed by atoms with E-state index in [1.165, 1.54) is 0 Å². The Balaban J connectivity index is 1.78. The number of ether oxygens (including phenoxy) is 1. The molecule has 2 heterocycles. The smallest absolute Gasteiger partial charge is 0.256 e. The number of morpholine rings is 1. The maximum atomic E-state index is 12.8. The highest BCUT2D eigenvalue weighted by atomic mass is 16.5. The predicted molar refractivity (Wildman–Crippen MR) is 98.2 cm³/mol. The molecule has 0 spiro atoms. The van der Waals surface area contributed by atoms with Crippen molar-refractivity contribution in [2.75, 3.05) is 39.4 Å². The largest absolute Gasteiger partial charge is 0.379 e. The number of carbonyl (C=O) groups is 1. The van der Waals surface area contributed by atoms with Crippen LogP contribution in [-0.2, 0) is 11.3 Å². The molecule has 0 radical (unpaired) electrons. The molecule has 6 heteroatoms. The molecule has 2 aromatic rings. The number of nitrogens with one attached hydrogen (secondary N) is 1. The van der Waals surface area contributed by atoms with Crippen LogP contribution >= 0.6 is 0 Å². The summed E-state index contributed by atoms with van der Waals surface area (Å²) in [7, 11) is 0. The minimum Gasteiger partial charge on any atom is -0.379 e. The van der Waals surface area contributed by atoms with E-state index in [1.54, 1.807) is 6.20 Å². The fraction of sp³-hybridized carbons (Fsp3) is 0.474. The number of hydrogen-bond acceptors (Lipinski definition) is 4. The van der Waals surface area contributed by atoms with Crippen LogP contribution in [0, 0.1) is 6.92 Å². The number of rotatable bonds is 5. The number of aromatic nitrogens is 1. The Morgan fingerprint density at radius 1 is 1.28 bits per heavy atom. The van der Waals surface area contributed by atoms with Gasteiger partial charge in [-0.05, 0) is 26.0 Å². The van der Waals surface area contributed by atoms with Gasteiger partial charge in [-0.3, -0.25) is 14.5 Å². The van der Waals surface area contributed by atoms with Crippen molar-refractivity contribution in [2.45, 2.75) is 20.4 Å². The molecule has 25 heavy (non-hydrogen) atoms. The topological polar surface area (TPSA) is 63.6 Å². The number of pyridine rings is 1. The summed E-state index contributed by atoms with van der Waals surface area (Å²) in [4.78, 5) is 27.5. The van der Waals surface area contributed by atoms with Gasteiger partial charge in [0.15, 0.2) is 0 Å². The zero-order chi connectivity index (χ0) is 17.8. The molecule has 1 saturated heterocycles. The van der Waals surface area contributed by atoms with Crippen LogP contribution in [0.5, 0.6) is 0 Å². The summed E-state index contributed by atoms with van der Waals surface area (Å²) in [6.45, 7) is 9.18. The molecular formula is C19H25N3O3. The van der Waals surface area contributed by atoms with Crippen molar-refractivity contribution >= 4 is 16.8 Å². The normalized spacial score (nSPS) is 15.4. The second kappa shape index (κ2) is 7.80. The standard InChI is InChI=1S/C19H25N3O3/c1-3-22-13-16(18(23)15-12-14(2)4-5-17(15)22)19(24)20-6-7-21-8-10-25-11-9-21/h4-5,12-13H,3,6-11H2,1-2H3,(H,20,24). The molecule has 1 aliphatic heterocycles. The number of fused-ring (bicyclic) bond motifs is 1. The van der Waals surface area contributed by atoms with Gasteiger partial charge in [-0.25, -0.2) is 0 Å². The second-order valence-electron chi connectivity index (χ2n) is 6.39. The van der Waals surface area contributed by atoms with E-state index in [4.69, 9.17) is 4.74 Å². The van der Waals surface area contributed by atoms with Gasteiger partial charge < -0.3 is 14.6 Å². The summed E-state index contributed by atoms with van der Waals surface area (Å²) in [5.74, 6) is -0.302. The molecule has 0 saturated carbocycles. The van der Waals surface area contributed by atoms with Crippen molar-refractivity contribution < 1.29 is 9.53 Å². The lowest BCUT2D eigenvalue weighted by atomic mass is 10.1. The third-order valence-electron chi connectivity index (χ3n) is 4.64. The van der Waals surface area contributed by atoms with Crippen LogP contribution in [0.1, 0.15) is 22.8 Å². The van der Waals surface area contributed by atoms with E-state index in [-0.39, 0.29) is 16.9 Å². The molecule has 1 fully saturated rings. The van der Waals surface area contributed by atoms with E-state index in [2.05, 4.69) is 10.2 Å². The monoisotopic (exact) mass is 343 g/mol. The number of amides is 1. The summed E-state index contributed by atoms with van der Waals surface area (Å²) >= 11 is 0. The van der Waals surface area contributed by atoms with E-state index in [0.717, 1.165) is 43.9 Å². The highest BCUT2D eigenvalue weighted by Crippen LogP contribution is 2.14. The third kappa shape index (κ3) is 3.91. The highest BCUT2D eigenvalue weighted by Gasteiger charge is 2.16. The van der Waals surface area contributed by atoms with Gasteiger partial charge in [0.25, 0.3) is 5.91 Å². The van der Waals surface area contributed by atoms with Gasteiger partial charge >= 0.3 is 0 Å². The molecule has 1 N–H and O–H groups in total. The maximum Gasteiger partial charge on any atom is 0.256 e. The minimum absolute atomic E-state index is 0.202. The Hall–Kier alpha value is -2.18. The van der Waals surface area contributed by atoms with E-state index in [1.807, 2.05) is 36.6 Å². The molecule has 0 unspecified atom stereocenters. The van der Waals surface area contributed by atoms with Crippen LogP contribution in [0.15, 0.2) is 29.2 Å². The van der Waals surface area contributed by atoms with Gasteiger partial charge in [0.05, 0.1) is 18.7 Å². The molecule has 0 atom stereocenters. The molecule has 6 nitrogen and oxygen atoms in total. The molecule has 1 aliphatic rings. The minimum atomic E-state index is -0.302. The summed E-state index contributed by atoms with van der Waals surface area (Å²) in [5, 5.41) is 3.48. The average Bonchev–Trinajstić information content (AvgIpc) is 2.63. The summed E-state index contributed by atoms with van der Waals surface area (Å²) in [5.41, 5.74) is 1.88. The van der Waals surface area contributed by atoms with Gasteiger partial charge in [-0.15, -0.1) is 0 Å². The summed E-state index contributed by atoms with van der Waals surface area (Å²) in [6.07, 6.45) is 1.67. The Morgan fingerprint density at radius 3 is 2.76 bits per heavy atom. The van der Waals surface area contributed by atoms with Gasteiger partial charge in [0, 0.05) is 44.3 Å². The Kier molecular flexibility index (Phi) is 5.50. The molecule has 3 rings (SSSR count). The molecular weight excluding hydrogens is 318 g/mol. The van der Waals surface area contributed by atoms with Crippen LogP contribution < -0.4 is 10.7 Å². The Morgan fingerprint density at radius 2 is 2.04 bits per heavy atom. The fourth-order valence-corrected chi connectivity index (χ4v) is 3.18. The number of nitrogens with zero attached hydrogens (tertiary/aromatic N) is 2. The Bertz CT molecular complexity index is 823. The molecule has 1 amide bonds. The van der Waals surface area contributed by atoms with Crippen LogP contribution in [-0.4, -0.2) is 54.8 Å². The van der Waals surface area contributed by atoms with E-state index in [9.17, 15) is 9.59 Å². The molecule has 134 valence electrons. The first-order valence-corrected chi connectivity index (χ1v) is 8.82. The van der Waals surface area contributed by atoms with E-state index in [0.29, 0.717) is 18.5 Å². The van der Waals surface area contributed by atoms with Crippen molar-refractivity contribution in [1.29, 1.82) is 0 Å². The lowest BCUT2D eigenvalue weighted by molar-refractivity contribution is 0.0383. The zero-order valence-electron chi connectivity index (χ0n) is 14.9. The van der Waals surface area contributed by atoms with Crippen LogP contribution in [0.2, 0.25) is 0 Å².